The molecule has 0 aliphatic carbocycles. The van der Waals surface area contributed by atoms with Crippen molar-refractivity contribution in [2.75, 3.05) is 13.6 Å². The highest BCUT2D eigenvalue weighted by atomic mass is 127. The van der Waals surface area contributed by atoms with Gasteiger partial charge in [0.05, 0.1) is 0 Å². The second-order valence-corrected chi connectivity index (χ2v) is 6.66. The number of halogens is 1. The fraction of sp³-hybridized carbons (Fsp3) is 0.286. The molecule has 0 fully saturated rings. The molecule has 148 valence electrons. The number of nitrogens with one attached hydrogen (secondary N) is 3. The van der Waals surface area contributed by atoms with Gasteiger partial charge in [-0.1, -0.05) is 55.0 Å². The summed E-state index contributed by atoms with van der Waals surface area (Å²) in [6, 6.07) is 16.8. The Balaban J connectivity index is 0.00000280. The molecule has 6 nitrogen and oxygen atoms in total. The quantitative estimate of drug-likeness (QED) is 0.279. The van der Waals surface area contributed by atoms with Crippen molar-refractivity contribution in [2.45, 2.75) is 26.3 Å². The third-order valence-electron chi connectivity index (χ3n) is 4.49. The zero-order valence-corrected chi connectivity index (χ0v) is 18.8. The van der Waals surface area contributed by atoms with E-state index in [-0.39, 0.29) is 24.0 Å². The fourth-order valence-electron chi connectivity index (χ4n) is 2.92. The van der Waals surface area contributed by atoms with E-state index in [1.807, 2.05) is 12.1 Å². The highest BCUT2D eigenvalue weighted by molar-refractivity contribution is 14.0. The highest BCUT2D eigenvalue weighted by Crippen LogP contribution is 2.16. The molecule has 1 heterocycles. The first-order chi connectivity index (χ1) is 13.2. The molecule has 1 unspecified atom stereocenters. The van der Waals surface area contributed by atoms with Gasteiger partial charge in [-0.05, 0) is 30.0 Å². The molecule has 3 rings (SSSR count). The van der Waals surface area contributed by atoms with Gasteiger partial charge >= 0.3 is 0 Å². The third kappa shape index (κ3) is 6.05. The Morgan fingerprint density at radius 1 is 1.14 bits per heavy atom. The first-order valence-electron chi connectivity index (χ1n) is 9.11. The molecular formula is C21H27IN6. The van der Waals surface area contributed by atoms with E-state index in [0.29, 0.717) is 12.5 Å². The zero-order chi connectivity index (χ0) is 19.1. The number of rotatable bonds is 6. The summed E-state index contributed by atoms with van der Waals surface area (Å²) in [7, 11) is 1.79. The second-order valence-electron chi connectivity index (χ2n) is 6.66. The average Bonchev–Trinajstić information content (AvgIpc) is 3.23. The van der Waals surface area contributed by atoms with Gasteiger partial charge in [0.1, 0.15) is 6.33 Å². The van der Waals surface area contributed by atoms with Gasteiger partial charge in [0.15, 0.2) is 11.8 Å². The van der Waals surface area contributed by atoms with Gasteiger partial charge in [-0.15, -0.1) is 24.0 Å². The minimum absolute atomic E-state index is 0. The number of aliphatic imine (C=N–C) groups is 1. The first kappa shape index (κ1) is 21.9. The lowest BCUT2D eigenvalue weighted by Crippen LogP contribution is -2.38. The van der Waals surface area contributed by atoms with E-state index in [4.69, 9.17) is 0 Å². The summed E-state index contributed by atoms with van der Waals surface area (Å²) in [5.41, 5.74) is 4.78. The number of hydrogen-bond donors (Lipinski definition) is 3. The summed E-state index contributed by atoms with van der Waals surface area (Å²) < 4.78 is 0. The van der Waals surface area contributed by atoms with Gasteiger partial charge in [-0.25, -0.2) is 4.98 Å². The van der Waals surface area contributed by atoms with E-state index in [2.05, 4.69) is 81.1 Å². The maximum absolute atomic E-state index is 4.32. The standard InChI is InChI=1S/C21H26N6.HI/c1-15-6-4-8-18(10-15)16(2)12-23-21(22-3)24-13-17-7-5-9-19(11-17)20-25-14-26-27-20;/h4-11,14,16H,12-13H2,1-3H3,(H2,22,23,24)(H,25,26,27);1H. The van der Waals surface area contributed by atoms with Crippen molar-refractivity contribution < 1.29 is 0 Å². The van der Waals surface area contributed by atoms with E-state index in [1.54, 1.807) is 7.05 Å². The van der Waals surface area contributed by atoms with Crippen LogP contribution in [-0.2, 0) is 6.54 Å². The third-order valence-corrected chi connectivity index (χ3v) is 4.49. The van der Waals surface area contributed by atoms with Crippen molar-refractivity contribution in [3.63, 3.8) is 0 Å². The van der Waals surface area contributed by atoms with Gasteiger partial charge in [0.25, 0.3) is 0 Å². The molecule has 0 bridgehead atoms. The molecule has 1 atom stereocenters. The van der Waals surface area contributed by atoms with Crippen molar-refractivity contribution in [2.24, 2.45) is 4.99 Å². The molecule has 2 aromatic carbocycles. The smallest absolute Gasteiger partial charge is 0.191 e. The van der Waals surface area contributed by atoms with Crippen LogP contribution in [0.1, 0.15) is 29.5 Å². The van der Waals surface area contributed by atoms with Crippen molar-refractivity contribution in [3.05, 3.63) is 71.5 Å². The number of hydrogen-bond acceptors (Lipinski definition) is 3. The number of benzene rings is 2. The molecule has 3 aromatic rings. The number of aryl methyl sites for hydroxylation is 1. The number of nitrogens with zero attached hydrogens (tertiary/aromatic N) is 3. The van der Waals surface area contributed by atoms with Crippen LogP contribution in [0.25, 0.3) is 11.4 Å². The summed E-state index contributed by atoms with van der Waals surface area (Å²) in [4.78, 5) is 8.52. The highest BCUT2D eigenvalue weighted by Gasteiger charge is 2.07. The molecule has 7 heteroatoms. The van der Waals surface area contributed by atoms with Gasteiger partial charge < -0.3 is 10.6 Å². The molecule has 0 radical (unpaired) electrons. The van der Waals surface area contributed by atoms with Crippen LogP contribution in [0.3, 0.4) is 0 Å². The van der Waals surface area contributed by atoms with Gasteiger partial charge in [-0.2, -0.15) is 5.10 Å². The van der Waals surface area contributed by atoms with Crippen LogP contribution < -0.4 is 10.6 Å². The van der Waals surface area contributed by atoms with E-state index in [9.17, 15) is 0 Å². The Labute approximate surface area is 183 Å². The van der Waals surface area contributed by atoms with Gasteiger partial charge in [-0.3, -0.25) is 10.1 Å². The summed E-state index contributed by atoms with van der Waals surface area (Å²) in [6.45, 7) is 5.84. The second kappa shape index (κ2) is 10.8. The van der Waals surface area contributed by atoms with Crippen LogP contribution >= 0.6 is 24.0 Å². The minimum Gasteiger partial charge on any atom is -0.356 e. The van der Waals surface area contributed by atoms with Gasteiger partial charge in [0.2, 0.25) is 0 Å². The lowest BCUT2D eigenvalue weighted by Gasteiger charge is -2.17. The number of H-pyrrole nitrogens is 1. The fourth-order valence-corrected chi connectivity index (χ4v) is 2.92. The van der Waals surface area contributed by atoms with Crippen LogP contribution in [0.15, 0.2) is 59.9 Å². The molecule has 1 aromatic heterocycles. The summed E-state index contributed by atoms with van der Waals surface area (Å²) >= 11 is 0. The van der Waals surface area contributed by atoms with Crippen LogP contribution in [0.5, 0.6) is 0 Å². The zero-order valence-electron chi connectivity index (χ0n) is 16.4. The number of aromatic amines is 1. The number of aromatic nitrogens is 3. The van der Waals surface area contributed by atoms with Crippen LogP contribution in [0.4, 0.5) is 0 Å². The van der Waals surface area contributed by atoms with E-state index in [1.165, 1.54) is 17.5 Å². The topological polar surface area (TPSA) is 78.0 Å². The summed E-state index contributed by atoms with van der Waals surface area (Å²) in [5, 5.41) is 13.6. The molecule has 3 N–H and O–H groups in total. The Kier molecular flexibility index (Phi) is 8.43. The number of guanidine groups is 1. The summed E-state index contributed by atoms with van der Waals surface area (Å²) in [5.74, 6) is 1.96. The molecule has 0 aliphatic rings. The van der Waals surface area contributed by atoms with E-state index >= 15 is 0 Å². The van der Waals surface area contributed by atoms with Crippen molar-refractivity contribution >= 4 is 29.9 Å². The van der Waals surface area contributed by atoms with Crippen LogP contribution in [-0.4, -0.2) is 34.7 Å². The van der Waals surface area contributed by atoms with Gasteiger partial charge in [0, 0.05) is 25.7 Å². The minimum atomic E-state index is 0. The van der Waals surface area contributed by atoms with E-state index in [0.717, 1.165) is 29.5 Å². The first-order valence-corrected chi connectivity index (χ1v) is 9.11. The molecule has 0 amide bonds. The SMILES string of the molecule is CN=C(NCc1cccc(-c2ncn[nH]2)c1)NCC(C)c1cccc(C)c1.I. The Morgan fingerprint density at radius 3 is 2.68 bits per heavy atom. The predicted molar refractivity (Wildman–Crippen MR) is 125 cm³/mol. The van der Waals surface area contributed by atoms with E-state index < -0.39 is 0 Å². The summed E-state index contributed by atoms with van der Waals surface area (Å²) in [6.07, 6.45) is 1.52. The van der Waals surface area contributed by atoms with Crippen molar-refractivity contribution in [3.8, 4) is 11.4 Å². The lowest BCUT2D eigenvalue weighted by atomic mass is 9.99. The Hall–Kier alpha value is -2.42. The maximum Gasteiger partial charge on any atom is 0.191 e. The lowest BCUT2D eigenvalue weighted by molar-refractivity contribution is 0.698. The molecular weight excluding hydrogens is 463 g/mol. The monoisotopic (exact) mass is 490 g/mol. The van der Waals surface area contributed by atoms with Crippen LogP contribution in [0.2, 0.25) is 0 Å². The Bertz CT molecular complexity index is 891. The predicted octanol–water partition coefficient (Wildman–Crippen LogP) is 3.87. The molecule has 0 saturated heterocycles. The van der Waals surface area contributed by atoms with Crippen LogP contribution in [0, 0.1) is 6.92 Å². The van der Waals surface area contributed by atoms with Crippen molar-refractivity contribution in [1.29, 1.82) is 0 Å². The molecule has 0 spiro atoms. The molecule has 0 aliphatic heterocycles. The molecule has 0 saturated carbocycles. The van der Waals surface area contributed by atoms with Crippen molar-refractivity contribution in [1.82, 2.24) is 25.8 Å². The maximum atomic E-state index is 4.32. The molecule has 28 heavy (non-hydrogen) atoms. The average molecular weight is 490 g/mol. The normalized spacial score (nSPS) is 12.2. The largest absolute Gasteiger partial charge is 0.356 e. The Morgan fingerprint density at radius 2 is 1.96 bits per heavy atom.